The average molecular weight is 554 g/mol. The number of nitrogens with zero attached hydrogens (tertiary/aromatic N) is 1. The molecule has 0 amide bonds. The number of hydrogen-bond donors (Lipinski definition) is 1. The van der Waals surface area contributed by atoms with Crippen molar-refractivity contribution in [2.75, 3.05) is 20.5 Å². The summed E-state index contributed by atoms with van der Waals surface area (Å²) in [6, 6.07) is 20.9. The largest absolute Gasteiger partial charge is 0.497 e. The Balaban J connectivity index is 1.49. The second-order valence-electron chi connectivity index (χ2n) is 10.1. The van der Waals surface area contributed by atoms with Gasteiger partial charge in [-0.2, -0.15) is 0 Å². The van der Waals surface area contributed by atoms with E-state index >= 15 is 0 Å². The number of aliphatic carboxylic acids is 1. The van der Waals surface area contributed by atoms with Gasteiger partial charge in [-0.3, -0.25) is 9.78 Å². The zero-order chi connectivity index (χ0) is 28.3. The van der Waals surface area contributed by atoms with E-state index in [1.807, 2.05) is 66.7 Å². The van der Waals surface area contributed by atoms with E-state index in [9.17, 15) is 9.90 Å². The Hall–Kier alpha value is -4.72. The fourth-order valence-corrected chi connectivity index (χ4v) is 5.80. The molecule has 8 heteroatoms. The minimum atomic E-state index is -0.904. The number of carboxylic acid groups (broad SMARTS) is 1. The molecule has 6 rings (SSSR count). The molecule has 2 aliphatic rings. The summed E-state index contributed by atoms with van der Waals surface area (Å²) in [5, 5.41) is 10.8. The number of methoxy groups -OCH3 is 1. The first-order valence-electron chi connectivity index (χ1n) is 13.7. The van der Waals surface area contributed by atoms with Crippen LogP contribution < -0.4 is 23.7 Å². The monoisotopic (exact) mass is 553 g/mol. The number of carboxylic acids is 1. The van der Waals surface area contributed by atoms with Crippen LogP contribution in [0.2, 0.25) is 0 Å². The Bertz CT molecular complexity index is 1550. The predicted octanol–water partition coefficient (Wildman–Crippen LogP) is 6.16. The molecule has 4 aromatic rings. The Morgan fingerprint density at radius 2 is 1.76 bits per heavy atom. The Labute approximate surface area is 238 Å². The number of ether oxygens (including phenoxy) is 5. The van der Waals surface area contributed by atoms with E-state index in [1.54, 1.807) is 19.5 Å². The highest BCUT2D eigenvalue weighted by Crippen LogP contribution is 2.56. The molecule has 0 saturated carbocycles. The van der Waals surface area contributed by atoms with Crippen molar-refractivity contribution in [2.24, 2.45) is 5.92 Å². The number of hydrogen-bond acceptors (Lipinski definition) is 7. The number of aromatic nitrogens is 1. The van der Waals surface area contributed by atoms with Gasteiger partial charge in [0.2, 0.25) is 6.79 Å². The second kappa shape index (κ2) is 11.4. The van der Waals surface area contributed by atoms with Gasteiger partial charge in [-0.25, -0.2) is 0 Å². The number of carbonyl (C=O) groups is 1. The van der Waals surface area contributed by atoms with Crippen molar-refractivity contribution in [2.45, 2.75) is 31.8 Å². The maximum absolute atomic E-state index is 13.2. The number of benzene rings is 3. The van der Waals surface area contributed by atoms with Crippen molar-refractivity contribution < 1.29 is 33.6 Å². The Morgan fingerprint density at radius 1 is 0.927 bits per heavy atom. The molecule has 0 radical (unpaired) electrons. The summed E-state index contributed by atoms with van der Waals surface area (Å²) in [5.41, 5.74) is 4.33. The average Bonchev–Trinajstić information content (AvgIpc) is 3.61. The standard InChI is InChI=1S/C33H31NO7/c1-3-13-38-23-8-9-24-26(15-23)31(32(33(35)36)30(24)21-6-11-27-29(14-21)41-19-40-27)25-10-7-22(37-2)16-28(25)39-18-20-5-4-12-34-17-20/h4-12,14-17,30-32H,3,13,18-19H2,1-2H3,(H,35,36). The van der Waals surface area contributed by atoms with Crippen LogP contribution in [-0.4, -0.2) is 36.6 Å². The van der Waals surface area contributed by atoms with Crippen LogP contribution in [0.15, 0.2) is 79.1 Å². The lowest BCUT2D eigenvalue weighted by Crippen LogP contribution is -2.24. The highest BCUT2D eigenvalue weighted by atomic mass is 16.7. The highest BCUT2D eigenvalue weighted by Gasteiger charge is 2.48. The third kappa shape index (κ3) is 5.13. The van der Waals surface area contributed by atoms with E-state index in [0.717, 1.165) is 34.2 Å². The van der Waals surface area contributed by atoms with Crippen molar-refractivity contribution in [1.29, 1.82) is 0 Å². The predicted molar refractivity (Wildman–Crippen MR) is 151 cm³/mol. The zero-order valence-corrected chi connectivity index (χ0v) is 22.9. The van der Waals surface area contributed by atoms with E-state index in [0.29, 0.717) is 35.4 Å². The maximum Gasteiger partial charge on any atom is 0.308 e. The molecule has 3 aromatic carbocycles. The second-order valence-corrected chi connectivity index (χ2v) is 10.1. The Kier molecular flexibility index (Phi) is 7.37. The first-order chi connectivity index (χ1) is 20.1. The van der Waals surface area contributed by atoms with Gasteiger partial charge in [0.15, 0.2) is 11.5 Å². The molecule has 0 fully saturated rings. The molecule has 1 aliphatic carbocycles. The topological polar surface area (TPSA) is 96.3 Å². The first-order valence-corrected chi connectivity index (χ1v) is 13.7. The maximum atomic E-state index is 13.2. The molecule has 210 valence electrons. The van der Waals surface area contributed by atoms with Gasteiger partial charge in [-0.1, -0.05) is 31.2 Å². The van der Waals surface area contributed by atoms with Crippen LogP contribution >= 0.6 is 0 Å². The molecule has 3 unspecified atom stereocenters. The summed E-state index contributed by atoms with van der Waals surface area (Å²) in [7, 11) is 1.60. The SMILES string of the molecule is CCCOc1ccc2c(c1)C(c1ccc(OC)cc1OCc1cccnc1)C(C(=O)O)C2c1ccc2c(c1)OCO2. The molecule has 0 saturated heterocycles. The van der Waals surface area contributed by atoms with E-state index in [4.69, 9.17) is 23.7 Å². The fraction of sp³-hybridized carbons (Fsp3) is 0.273. The van der Waals surface area contributed by atoms with E-state index in [1.165, 1.54) is 0 Å². The molecule has 41 heavy (non-hydrogen) atoms. The quantitative estimate of drug-likeness (QED) is 0.249. The van der Waals surface area contributed by atoms with E-state index < -0.39 is 23.7 Å². The first kappa shape index (κ1) is 26.5. The summed E-state index contributed by atoms with van der Waals surface area (Å²) in [6.45, 7) is 3.04. The van der Waals surface area contributed by atoms with Crippen molar-refractivity contribution in [3.63, 3.8) is 0 Å². The van der Waals surface area contributed by atoms with Crippen LogP contribution in [0.3, 0.4) is 0 Å². The van der Waals surface area contributed by atoms with Gasteiger partial charge in [-0.15, -0.1) is 0 Å². The summed E-state index contributed by atoms with van der Waals surface area (Å²) in [6.07, 6.45) is 4.32. The van der Waals surface area contributed by atoms with E-state index in [2.05, 4.69) is 11.9 Å². The lowest BCUT2D eigenvalue weighted by atomic mass is 9.79. The summed E-state index contributed by atoms with van der Waals surface area (Å²) < 4.78 is 29.0. The van der Waals surface area contributed by atoms with Crippen LogP contribution in [0.1, 0.15) is 53.0 Å². The fourth-order valence-electron chi connectivity index (χ4n) is 5.80. The third-order valence-corrected chi connectivity index (χ3v) is 7.63. The van der Waals surface area contributed by atoms with Gasteiger partial charge in [0, 0.05) is 41.4 Å². The number of pyridine rings is 1. The number of fused-ring (bicyclic) bond motifs is 2. The molecule has 2 heterocycles. The number of rotatable bonds is 10. The lowest BCUT2D eigenvalue weighted by molar-refractivity contribution is -0.142. The molecule has 1 aromatic heterocycles. The molecular weight excluding hydrogens is 522 g/mol. The minimum Gasteiger partial charge on any atom is -0.497 e. The van der Waals surface area contributed by atoms with Gasteiger partial charge < -0.3 is 28.8 Å². The summed E-state index contributed by atoms with van der Waals surface area (Å²) >= 11 is 0. The normalized spacial score (nSPS) is 18.5. The van der Waals surface area contributed by atoms with Crippen LogP contribution in [0.25, 0.3) is 0 Å². The third-order valence-electron chi connectivity index (χ3n) is 7.63. The molecule has 1 N–H and O–H groups in total. The molecule has 3 atom stereocenters. The molecular formula is C33H31NO7. The zero-order valence-electron chi connectivity index (χ0n) is 22.9. The van der Waals surface area contributed by atoms with Crippen molar-refractivity contribution in [3.8, 4) is 28.7 Å². The van der Waals surface area contributed by atoms with Gasteiger partial charge in [0.05, 0.1) is 19.6 Å². The van der Waals surface area contributed by atoms with Crippen LogP contribution in [-0.2, 0) is 11.4 Å². The van der Waals surface area contributed by atoms with Gasteiger partial charge in [0.25, 0.3) is 0 Å². The summed E-state index contributed by atoms with van der Waals surface area (Å²) in [5.74, 6) is 0.476. The Morgan fingerprint density at radius 3 is 2.54 bits per heavy atom. The van der Waals surface area contributed by atoms with Crippen LogP contribution in [0.4, 0.5) is 0 Å². The van der Waals surface area contributed by atoms with E-state index in [-0.39, 0.29) is 13.4 Å². The molecule has 1 aliphatic heterocycles. The van der Waals surface area contributed by atoms with Gasteiger partial charge >= 0.3 is 5.97 Å². The molecule has 0 bridgehead atoms. The van der Waals surface area contributed by atoms with Crippen LogP contribution in [0, 0.1) is 5.92 Å². The highest BCUT2D eigenvalue weighted by molar-refractivity contribution is 5.78. The summed E-state index contributed by atoms with van der Waals surface area (Å²) in [4.78, 5) is 17.4. The van der Waals surface area contributed by atoms with Crippen molar-refractivity contribution in [1.82, 2.24) is 4.98 Å². The molecule has 8 nitrogen and oxygen atoms in total. The van der Waals surface area contributed by atoms with Crippen LogP contribution in [0.5, 0.6) is 28.7 Å². The van der Waals surface area contributed by atoms with Gasteiger partial charge in [-0.05, 0) is 59.5 Å². The molecule has 0 spiro atoms. The van der Waals surface area contributed by atoms with Crippen molar-refractivity contribution >= 4 is 5.97 Å². The van der Waals surface area contributed by atoms with Crippen molar-refractivity contribution in [3.05, 3.63) is 107 Å². The van der Waals surface area contributed by atoms with Gasteiger partial charge in [0.1, 0.15) is 23.9 Å². The minimum absolute atomic E-state index is 0.145. The smallest absolute Gasteiger partial charge is 0.308 e. The lowest BCUT2D eigenvalue weighted by Gasteiger charge is -2.25.